The number of ether oxygens (including phenoxy) is 2. The highest BCUT2D eigenvalue weighted by atomic mass is 79.9. The van der Waals surface area contributed by atoms with Crippen molar-refractivity contribution >= 4 is 33.7 Å². The predicted octanol–water partition coefficient (Wildman–Crippen LogP) is 4.00. The average Bonchev–Trinajstić information content (AvgIpc) is 2.77. The molecule has 0 aliphatic rings. The van der Waals surface area contributed by atoms with Crippen molar-refractivity contribution in [3.63, 3.8) is 0 Å². The number of hydrazone groups is 1. The number of benzene rings is 3. The number of aromatic hydroxyl groups is 1. The topological polar surface area (TPSA) is 123 Å². The first kappa shape index (κ1) is 21.8. The number of halogens is 1. The van der Waals surface area contributed by atoms with E-state index in [0.29, 0.717) is 11.5 Å². The molecule has 9 nitrogen and oxygen atoms in total. The van der Waals surface area contributed by atoms with Gasteiger partial charge in [-0.25, -0.2) is 5.43 Å². The molecule has 2 N–H and O–H groups in total. The first-order valence-corrected chi connectivity index (χ1v) is 9.66. The van der Waals surface area contributed by atoms with Crippen molar-refractivity contribution in [2.45, 2.75) is 6.29 Å². The Morgan fingerprint density at radius 3 is 2.13 bits per heavy atom. The molecular formula is C21H16BrN3O6. The lowest BCUT2D eigenvalue weighted by Crippen LogP contribution is -2.40. The first-order chi connectivity index (χ1) is 14.9. The lowest BCUT2D eigenvalue weighted by Gasteiger charge is -2.18. The van der Waals surface area contributed by atoms with E-state index in [1.807, 2.05) is 0 Å². The van der Waals surface area contributed by atoms with Crippen molar-refractivity contribution in [2.75, 3.05) is 0 Å². The van der Waals surface area contributed by atoms with E-state index in [2.05, 4.69) is 26.5 Å². The van der Waals surface area contributed by atoms with Crippen LogP contribution in [0.5, 0.6) is 17.2 Å². The molecule has 3 aromatic carbocycles. The Kier molecular flexibility index (Phi) is 7.17. The second kappa shape index (κ2) is 10.2. The number of nitrogens with zero attached hydrogens (tertiary/aromatic N) is 2. The van der Waals surface area contributed by atoms with Gasteiger partial charge in [-0.05, 0) is 40.2 Å². The van der Waals surface area contributed by atoms with Crippen molar-refractivity contribution in [1.82, 2.24) is 5.43 Å². The highest BCUT2D eigenvalue weighted by Crippen LogP contribution is 2.31. The molecule has 158 valence electrons. The van der Waals surface area contributed by atoms with Crippen LogP contribution in [-0.4, -0.2) is 28.4 Å². The summed E-state index contributed by atoms with van der Waals surface area (Å²) in [7, 11) is 0. The molecule has 0 saturated heterocycles. The lowest BCUT2D eigenvalue weighted by molar-refractivity contribution is -0.385. The van der Waals surface area contributed by atoms with Crippen LogP contribution in [0.15, 0.2) is 82.4 Å². The lowest BCUT2D eigenvalue weighted by atomic mass is 10.2. The Hall–Kier alpha value is -3.92. The number of carbonyl (C=O) groups is 1. The summed E-state index contributed by atoms with van der Waals surface area (Å²) in [5.41, 5.74) is 2.03. The van der Waals surface area contributed by atoms with Crippen molar-refractivity contribution in [2.24, 2.45) is 5.10 Å². The second-order valence-corrected chi connectivity index (χ2v) is 6.90. The molecule has 0 aromatic heterocycles. The Balaban J connectivity index is 1.76. The molecular weight excluding hydrogens is 470 g/mol. The van der Waals surface area contributed by atoms with Gasteiger partial charge in [-0.2, -0.15) is 5.10 Å². The summed E-state index contributed by atoms with van der Waals surface area (Å²) in [6.45, 7) is 0. The number of para-hydroxylation sites is 2. The quantitative estimate of drug-likeness (QED) is 0.215. The van der Waals surface area contributed by atoms with Gasteiger partial charge in [-0.1, -0.05) is 36.4 Å². The van der Waals surface area contributed by atoms with E-state index in [0.717, 1.165) is 18.3 Å². The minimum atomic E-state index is -1.37. The number of non-ortho nitro benzene ring substituents is 1. The summed E-state index contributed by atoms with van der Waals surface area (Å²) in [5.74, 6) is -0.181. The summed E-state index contributed by atoms with van der Waals surface area (Å²) in [4.78, 5) is 23.0. The first-order valence-electron chi connectivity index (χ1n) is 8.87. The number of carbonyl (C=O) groups excluding carboxylic acids is 1. The summed E-state index contributed by atoms with van der Waals surface area (Å²) < 4.78 is 11.4. The smallest absolute Gasteiger partial charge is 0.323 e. The summed E-state index contributed by atoms with van der Waals surface area (Å²) >= 11 is 3.04. The van der Waals surface area contributed by atoms with Crippen LogP contribution in [0.3, 0.4) is 0 Å². The van der Waals surface area contributed by atoms with Gasteiger partial charge in [0, 0.05) is 17.7 Å². The average molecular weight is 486 g/mol. The minimum absolute atomic E-state index is 0.0332. The largest absolute Gasteiger partial charge is 0.506 e. The molecule has 0 bridgehead atoms. The van der Waals surface area contributed by atoms with Crippen LogP contribution >= 0.6 is 15.9 Å². The fourth-order valence-corrected chi connectivity index (χ4v) is 2.87. The van der Waals surface area contributed by atoms with E-state index in [1.165, 1.54) is 0 Å². The second-order valence-electron chi connectivity index (χ2n) is 6.05. The molecule has 0 aliphatic heterocycles. The maximum atomic E-state index is 12.6. The Morgan fingerprint density at radius 2 is 1.61 bits per heavy atom. The molecule has 31 heavy (non-hydrogen) atoms. The van der Waals surface area contributed by atoms with Crippen LogP contribution in [0.25, 0.3) is 0 Å². The number of hydrogen-bond acceptors (Lipinski definition) is 7. The SMILES string of the molecule is O=C(NN=Cc1cc([N+](=O)[O-])cc(Br)c1O)C(Oc1ccccc1)Oc1ccccc1. The zero-order valence-electron chi connectivity index (χ0n) is 15.8. The number of phenols is 1. The number of nitro groups is 1. The summed E-state index contributed by atoms with van der Waals surface area (Å²) in [6, 6.07) is 19.5. The maximum absolute atomic E-state index is 12.6. The van der Waals surface area contributed by atoms with Crippen LogP contribution in [0.4, 0.5) is 5.69 Å². The van der Waals surface area contributed by atoms with E-state index in [4.69, 9.17) is 9.47 Å². The fraction of sp³-hybridized carbons (Fsp3) is 0.0476. The Morgan fingerprint density at radius 1 is 1.06 bits per heavy atom. The van der Waals surface area contributed by atoms with Gasteiger partial charge in [-0.15, -0.1) is 0 Å². The van der Waals surface area contributed by atoms with Crippen LogP contribution in [-0.2, 0) is 4.79 Å². The minimum Gasteiger partial charge on any atom is -0.506 e. The molecule has 1 amide bonds. The molecule has 0 unspecified atom stereocenters. The third kappa shape index (κ3) is 6.03. The van der Waals surface area contributed by atoms with Crippen molar-refractivity contribution in [3.05, 3.63) is 92.9 Å². The molecule has 0 heterocycles. The van der Waals surface area contributed by atoms with Gasteiger partial charge in [-0.3, -0.25) is 14.9 Å². The van der Waals surface area contributed by atoms with Gasteiger partial charge in [0.05, 0.1) is 15.6 Å². The molecule has 10 heteroatoms. The van der Waals surface area contributed by atoms with E-state index < -0.39 is 17.1 Å². The monoisotopic (exact) mass is 485 g/mol. The van der Waals surface area contributed by atoms with Crippen molar-refractivity contribution < 1.29 is 24.3 Å². The van der Waals surface area contributed by atoms with E-state index in [1.54, 1.807) is 60.7 Å². The van der Waals surface area contributed by atoms with Crippen molar-refractivity contribution in [3.8, 4) is 17.2 Å². The number of nitrogens with one attached hydrogen (secondary N) is 1. The van der Waals surface area contributed by atoms with Crippen LogP contribution < -0.4 is 14.9 Å². The molecule has 0 fully saturated rings. The van der Waals surface area contributed by atoms with Gasteiger partial charge in [0.25, 0.3) is 5.69 Å². The highest BCUT2D eigenvalue weighted by molar-refractivity contribution is 9.10. The van der Waals surface area contributed by atoms with Crippen molar-refractivity contribution in [1.29, 1.82) is 0 Å². The zero-order chi connectivity index (χ0) is 22.2. The van der Waals surface area contributed by atoms with Crippen LogP contribution in [0, 0.1) is 10.1 Å². The predicted molar refractivity (Wildman–Crippen MR) is 116 cm³/mol. The van der Waals surface area contributed by atoms with Gasteiger partial charge in [0.15, 0.2) is 0 Å². The molecule has 0 saturated carbocycles. The highest BCUT2D eigenvalue weighted by Gasteiger charge is 2.22. The maximum Gasteiger partial charge on any atom is 0.323 e. The number of amides is 1. The standard InChI is InChI=1S/C21H16BrN3O6/c22-18-12-15(25(28)29)11-14(19(18)26)13-23-24-20(27)21(30-16-7-3-1-4-8-16)31-17-9-5-2-6-10-17/h1-13,21,26H,(H,24,27). The summed E-state index contributed by atoms with van der Waals surface area (Å²) in [5, 5.41) is 24.8. The zero-order valence-corrected chi connectivity index (χ0v) is 17.4. The third-order valence-electron chi connectivity index (χ3n) is 3.85. The molecule has 0 radical (unpaired) electrons. The Bertz CT molecular complexity index is 1050. The number of phenolic OH excluding ortho intramolecular Hbond substituents is 1. The third-order valence-corrected chi connectivity index (χ3v) is 4.46. The van der Waals surface area contributed by atoms with Crippen LogP contribution in [0.1, 0.15) is 5.56 Å². The molecule has 0 spiro atoms. The normalized spacial score (nSPS) is 10.8. The molecule has 0 aliphatic carbocycles. The van der Waals surface area contributed by atoms with Gasteiger partial charge >= 0.3 is 12.2 Å². The van der Waals surface area contributed by atoms with Gasteiger partial charge in [0.2, 0.25) is 0 Å². The van der Waals surface area contributed by atoms with E-state index in [9.17, 15) is 20.0 Å². The van der Waals surface area contributed by atoms with Gasteiger partial charge in [0.1, 0.15) is 17.2 Å². The van der Waals surface area contributed by atoms with E-state index >= 15 is 0 Å². The molecule has 3 rings (SSSR count). The fourth-order valence-electron chi connectivity index (χ4n) is 2.40. The number of nitro benzene ring substituents is 1. The van der Waals surface area contributed by atoms with E-state index in [-0.39, 0.29) is 21.5 Å². The molecule has 3 aromatic rings. The van der Waals surface area contributed by atoms with Gasteiger partial charge < -0.3 is 14.6 Å². The summed E-state index contributed by atoms with van der Waals surface area (Å²) in [6.07, 6.45) is -0.292. The van der Waals surface area contributed by atoms with Crippen LogP contribution in [0.2, 0.25) is 0 Å². The number of rotatable bonds is 8. The number of hydrogen-bond donors (Lipinski definition) is 2. The molecule has 0 atom stereocenters. The Labute approximate surface area is 185 Å².